The average Bonchev–Trinajstić information content (AvgIpc) is 2.39. The van der Waals surface area contributed by atoms with E-state index in [4.69, 9.17) is 10.5 Å². The standard InChI is InChI=1S/C15H14Br2N2O/c1-8-2-3-13-10(4-8)12(18)6-14(20-13)15-11(17)5-9(16)7-19-15/h2-5,7,12,14H,6,18H2,1H3/t12-,14?/m1/s1. The third-order valence-electron chi connectivity index (χ3n) is 3.44. The lowest BCUT2D eigenvalue weighted by Crippen LogP contribution is -2.25. The Morgan fingerprint density at radius 1 is 1.30 bits per heavy atom. The molecule has 104 valence electrons. The van der Waals surface area contributed by atoms with Crippen LogP contribution in [0.15, 0.2) is 39.4 Å². The van der Waals surface area contributed by atoms with Crippen molar-refractivity contribution < 1.29 is 4.74 Å². The first-order chi connectivity index (χ1) is 9.54. The van der Waals surface area contributed by atoms with Crippen molar-refractivity contribution in [2.75, 3.05) is 0 Å². The molecule has 2 N–H and O–H groups in total. The second-order valence-corrected chi connectivity index (χ2v) is 6.78. The summed E-state index contributed by atoms with van der Waals surface area (Å²) in [6.07, 6.45) is 2.38. The fourth-order valence-electron chi connectivity index (χ4n) is 2.45. The molecule has 0 fully saturated rings. The van der Waals surface area contributed by atoms with E-state index in [2.05, 4.69) is 49.8 Å². The third-order valence-corrected chi connectivity index (χ3v) is 4.51. The Kier molecular flexibility index (Phi) is 3.84. The first-order valence-electron chi connectivity index (χ1n) is 6.38. The molecule has 1 aliphatic heterocycles. The van der Waals surface area contributed by atoms with Gasteiger partial charge in [0.05, 0.1) is 5.69 Å². The summed E-state index contributed by atoms with van der Waals surface area (Å²) in [7, 11) is 0. The molecule has 0 bridgehead atoms. The molecule has 3 nitrogen and oxygen atoms in total. The Balaban J connectivity index is 1.97. The van der Waals surface area contributed by atoms with Gasteiger partial charge in [0.15, 0.2) is 0 Å². The lowest BCUT2D eigenvalue weighted by molar-refractivity contribution is 0.156. The van der Waals surface area contributed by atoms with Gasteiger partial charge in [-0.3, -0.25) is 4.98 Å². The molecule has 0 aliphatic carbocycles. The lowest BCUT2D eigenvalue weighted by atomic mass is 9.94. The number of benzene rings is 1. The van der Waals surface area contributed by atoms with Gasteiger partial charge < -0.3 is 10.5 Å². The Bertz CT molecular complexity index is 660. The van der Waals surface area contributed by atoms with Gasteiger partial charge >= 0.3 is 0 Å². The van der Waals surface area contributed by atoms with Crippen LogP contribution < -0.4 is 10.5 Å². The second-order valence-electron chi connectivity index (χ2n) is 5.01. The van der Waals surface area contributed by atoms with Crippen LogP contribution in [0.5, 0.6) is 5.75 Å². The van der Waals surface area contributed by atoms with Crippen LogP contribution in [0.2, 0.25) is 0 Å². The molecule has 0 amide bonds. The van der Waals surface area contributed by atoms with E-state index in [9.17, 15) is 0 Å². The molecule has 0 saturated heterocycles. The number of halogens is 2. The number of nitrogens with two attached hydrogens (primary N) is 1. The monoisotopic (exact) mass is 396 g/mol. The molecular formula is C15H14Br2N2O. The SMILES string of the molecule is Cc1ccc2c(c1)[C@H](N)CC(c1ncc(Br)cc1Br)O2. The minimum absolute atomic E-state index is 0.0269. The highest BCUT2D eigenvalue weighted by molar-refractivity contribution is 9.11. The Morgan fingerprint density at radius 3 is 2.85 bits per heavy atom. The summed E-state index contributed by atoms with van der Waals surface area (Å²) >= 11 is 6.95. The summed E-state index contributed by atoms with van der Waals surface area (Å²) in [5, 5.41) is 0. The van der Waals surface area contributed by atoms with Gasteiger partial charge in [-0.2, -0.15) is 0 Å². The van der Waals surface area contributed by atoms with Gasteiger partial charge in [0, 0.05) is 33.2 Å². The maximum Gasteiger partial charge on any atom is 0.143 e. The molecule has 0 radical (unpaired) electrons. The van der Waals surface area contributed by atoms with Crippen molar-refractivity contribution in [3.8, 4) is 5.75 Å². The predicted octanol–water partition coefficient (Wildman–Crippen LogP) is 4.44. The van der Waals surface area contributed by atoms with Gasteiger partial charge in [-0.15, -0.1) is 0 Å². The van der Waals surface area contributed by atoms with Crippen LogP contribution in [0.3, 0.4) is 0 Å². The van der Waals surface area contributed by atoms with E-state index in [1.54, 1.807) is 6.20 Å². The summed E-state index contributed by atoms with van der Waals surface area (Å²) < 4.78 is 7.94. The zero-order valence-electron chi connectivity index (χ0n) is 10.9. The number of hydrogen-bond acceptors (Lipinski definition) is 3. The van der Waals surface area contributed by atoms with Gasteiger partial charge in [-0.05, 0) is 50.9 Å². The smallest absolute Gasteiger partial charge is 0.143 e. The second kappa shape index (κ2) is 5.47. The van der Waals surface area contributed by atoms with Gasteiger partial charge in [0.2, 0.25) is 0 Å². The highest BCUT2D eigenvalue weighted by atomic mass is 79.9. The Morgan fingerprint density at radius 2 is 2.10 bits per heavy atom. The quantitative estimate of drug-likeness (QED) is 0.773. The summed E-state index contributed by atoms with van der Waals surface area (Å²) in [5.74, 6) is 0.857. The molecule has 0 saturated carbocycles. The van der Waals surface area contributed by atoms with E-state index in [1.807, 2.05) is 18.2 Å². The summed E-state index contributed by atoms with van der Waals surface area (Å²) in [6.45, 7) is 2.06. The highest BCUT2D eigenvalue weighted by Crippen LogP contribution is 2.41. The Hall–Kier alpha value is -0.910. The first-order valence-corrected chi connectivity index (χ1v) is 7.97. The molecule has 1 aliphatic rings. The molecule has 5 heteroatoms. The lowest BCUT2D eigenvalue weighted by Gasteiger charge is -2.30. The van der Waals surface area contributed by atoms with E-state index >= 15 is 0 Å². The van der Waals surface area contributed by atoms with Crippen molar-refractivity contribution in [1.82, 2.24) is 4.98 Å². The van der Waals surface area contributed by atoms with E-state index in [1.165, 1.54) is 5.56 Å². The number of aryl methyl sites for hydroxylation is 1. The third kappa shape index (κ3) is 2.62. The zero-order chi connectivity index (χ0) is 14.3. The number of rotatable bonds is 1. The van der Waals surface area contributed by atoms with Crippen molar-refractivity contribution >= 4 is 31.9 Å². The number of pyridine rings is 1. The molecule has 0 spiro atoms. The minimum atomic E-state index is -0.123. The van der Waals surface area contributed by atoms with Crippen molar-refractivity contribution in [3.05, 3.63) is 56.2 Å². The number of nitrogens with zero attached hydrogens (tertiary/aromatic N) is 1. The number of fused-ring (bicyclic) bond motifs is 1. The normalized spacial score (nSPS) is 21.2. The van der Waals surface area contributed by atoms with E-state index < -0.39 is 0 Å². The molecule has 2 atom stereocenters. The van der Waals surface area contributed by atoms with Crippen molar-refractivity contribution in [3.63, 3.8) is 0 Å². The molecule has 1 unspecified atom stereocenters. The topological polar surface area (TPSA) is 48.1 Å². The van der Waals surface area contributed by atoms with Gasteiger partial charge in [0.25, 0.3) is 0 Å². The number of hydrogen-bond donors (Lipinski definition) is 1. The zero-order valence-corrected chi connectivity index (χ0v) is 14.1. The molecule has 2 heterocycles. The van der Waals surface area contributed by atoms with E-state index in [-0.39, 0.29) is 12.1 Å². The van der Waals surface area contributed by atoms with Gasteiger partial charge in [-0.1, -0.05) is 17.7 Å². The predicted molar refractivity (Wildman–Crippen MR) is 85.7 cm³/mol. The van der Waals surface area contributed by atoms with Crippen LogP contribution in [-0.2, 0) is 0 Å². The average molecular weight is 398 g/mol. The maximum atomic E-state index is 6.29. The van der Waals surface area contributed by atoms with Crippen LogP contribution in [0.25, 0.3) is 0 Å². The van der Waals surface area contributed by atoms with Crippen LogP contribution in [0.4, 0.5) is 0 Å². The molecule has 3 rings (SSSR count). The summed E-state index contributed by atoms with van der Waals surface area (Å²) in [6, 6.07) is 8.07. The first kappa shape index (κ1) is 14.0. The van der Waals surface area contributed by atoms with Crippen LogP contribution in [-0.4, -0.2) is 4.98 Å². The highest BCUT2D eigenvalue weighted by Gasteiger charge is 2.29. The molecule has 20 heavy (non-hydrogen) atoms. The number of ether oxygens (including phenoxy) is 1. The van der Waals surface area contributed by atoms with Gasteiger partial charge in [0.1, 0.15) is 11.9 Å². The largest absolute Gasteiger partial charge is 0.484 e. The molecule has 1 aromatic carbocycles. The molecular weight excluding hydrogens is 384 g/mol. The van der Waals surface area contributed by atoms with Crippen LogP contribution >= 0.6 is 31.9 Å². The summed E-state index contributed by atoms with van der Waals surface area (Å²) in [5.41, 5.74) is 9.45. The van der Waals surface area contributed by atoms with E-state index in [0.717, 1.165) is 32.4 Å². The van der Waals surface area contributed by atoms with Crippen LogP contribution in [0, 0.1) is 6.92 Å². The fraction of sp³-hybridized carbons (Fsp3) is 0.267. The van der Waals surface area contributed by atoms with Crippen molar-refractivity contribution in [2.45, 2.75) is 25.5 Å². The fourth-order valence-corrected chi connectivity index (χ4v) is 3.70. The van der Waals surface area contributed by atoms with Crippen molar-refractivity contribution in [2.24, 2.45) is 5.73 Å². The summed E-state index contributed by atoms with van der Waals surface area (Å²) in [4.78, 5) is 4.45. The minimum Gasteiger partial charge on any atom is -0.484 e. The van der Waals surface area contributed by atoms with Crippen LogP contribution in [0.1, 0.15) is 35.4 Å². The van der Waals surface area contributed by atoms with E-state index in [0.29, 0.717) is 0 Å². The Labute approximate surface area is 134 Å². The number of aromatic nitrogens is 1. The van der Waals surface area contributed by atoms with Gasteiger partial charge in [-0.25, -0.2) is 0 Å². The molecule has 1 aromatic heterocycles. The van der Waals surface area contributed by atoms with Crippen molar-refractivity contribution in [1.29, 1.82) is 0 Å². The molecule has 2 aromatic rings. The maximum absolute atomic E-state index is 6.29.